The maximum absolute atomic E-state index is 13.1. The zero-order chi connectivity index (χ0) is 54.4. The van der Waals surface area contributed by atoms with Crippen LogP contribution in [0.1, 0.15) is 147 Å². The molecule has 77 heavy (non-hydrogen) atoms. The van der Waals surface area contributed by atoms with Crippen molar-refractivity contribution < 1.29 is 57.2 Å². The van der Waals surface area contributed by atoms with Crippen molar-refractivity contribution in [3.63, 3.8) is 0 Å². The van der Waals surface area contributed by atoms with Crippen LogP contribution in [-0.4, -0.2) is 131 Å². The molecule has 0 bridgehead atoms. The van der Waals surface area contributed by atoms with Crippen molar-refractivity contribution in [2.75, 3.05) is 24.7 Å². The Bertz CT molecular complexity index is 2840. The molecule has 18 nitrogen and oxygen atoms in total. The van der Waals surface area contributed by atoms with E-state index in [1.165, 1.54) is 0 Å². The van der Waals surface area contributed by atoms with E-state index in [2.05, 4.69) is 72.1 Å². The summed E-state index contributed by atoms with van der Waals surface area (Å²) in [6, 6.07) is 13.9. The molecule has 19 heteroatoms. The second-order valence-electron chi connectivity index (χ2n) is 22.2. The van der Waals surface area contributed by atoms with Gasteiger partial charge in [-0.2, -0.15) is 0 Å². The molecule has 2 aromatic carbocycles. The number of ether oxygens (including phenoxy) is 4. The second-order valence-corrected chi connectivity index (χ2v) is 22.2. The molecule has 0 amide bonds. The molecule has 4 N–H and O–H groups in total. The Labute approximate surface area is 478 Å². The van der Waals surface area contributed by atoms with E-state index in [-0.39, 0.29) is 143 Å². The van der Waals surface area contributed by atoms with Gasteiger partial charge in [-0.05, 0) is 97.9 Å². The number of aromatic carboxylic acids is 2. The predicted molar refractivity (Wildman–Crippen MR) is 285 cm³/mol. The molecule has 4 aromatic heterocycles. The summed E-state index contributed by atoms with van der Waals surface area (Å²) >= 11 is 0. The first-order chi connectivity index (χ1) is 36.3. The minimum Gasteiger partial charge on any atom is -0.545 e. The molecule has 2 spiro atoms. The average molecular weight is 1090 g/mol. The van der Waals surface area contributed by atoms with Crippen molar-refractivity contribution in [2.24, 2.45) is 47.3 Å². The number of carboxylic acids is 2. The number of nitrogens with zero attached hydrogens (tertiary/aromatic N) is 2. The van der Waals surface area contributed by atoms with Gasteiger partial charge in [0.15, 0.2) is 46.1 Å². The molecule has 0 saturated carbocycles. The first kappa shape index (κ1) is 58.1. The molecule has 6 aromatic rings. The zero-order valence-electron chi connectivity index (χ0n) is 45.9. The van der Waals surface area contributed by atoms with Crippen molar-refractivity contribution in [3.8, 4) is 0 Å². The van der Waals surface area contributed by atoms with Crippen molar-refractivity contribution >= 4 is 94.8 Å². The van der Waals surface area contributed by atoms with Gasteiger partial charge in [-0.15, -0.1) is 0 Å². The number of aromatic nitrogens is 4. The Morgan fingerprint density at radius 1 is 0.610 bits per heavy atom. The van der Waals surface area contributed by atoms with Crippen LogP contribution in [-0.2, 0) is 31.8 Å². The number of nitrogens with one attached hydrogen (secondary N) is 4. The quantitative estimate of drug-likeness (QED) is 0.0595. The van der Waals surface area contributed by atoms with Gasteiger partial charge in [0, 0.05) is 74.4 Å². The van der Waals surface area contributed by atoms with Crippen molar-refractivity contribution in [1.29, 1.82) is 0 Å². The number of carbonyl (C=O) groups is 4. The molecule has 8 heterocycles. The SMILES string of the molecule is CNc1ccc2oc(C[C@H]3O[C@@]4(CC[C@H]3C)O[C@H]([C@H](C)C(=O)c3ccc[nH]3)[C@H](C)C[C@H]4C)nc2c1C(=O)[O-].CNc1ccc2oc(C[C@H]3O[C@@]4(CC[C@H]3C)O[C@H]([C@H](C)C(=O)c3ccc[nH]3)[C@H](C)C[C@H]4C)nc2c1C(=O)[O-].[Ca+2]. The van der Waals surface area contributed by atoms with E-state index >= 15 is 0 Å². The summed E-state index contributed by atoms with van der Waals surface area (Å²) in [4.78, 5) is 65.0. The van der Waals surface area contributed by atoms with E-state index in [9.17, 15) is 29.4 Å². The van der Waals surface area contributed by atoms with Crippen LogP contribution in [0.15, 0.2) is 69.8 Å². The number of H-pyrrole nitrogens is 2. The third-order valence-corrected chi connectivity index (χ3v) is 17.1. The molecule has 4 aliphatic heterocycles. The van der Waals surface area contributed by atoms with Gasteiger partial charge in [0.2, 0.25) is 0 Å². The maximum atomic E-state index is 13.1. The van der Waals surface area contributed by atoms with E-state index in [1.54, 1.807) is 62.9 Å². The minimum absolute atomic E-state index is 0. The van der Waals surface area contributed by atoms with Gasteiger partial charge < -0.3 is 68.2 Å². The topological polar surface area (TPSA) is 259 Å². The zero-order valence-corrected chi connectivity index (χ0v) is 48.1. The molecule has 0 radical (unpaired) electrons. The molecule has 0 aliphatic carbocycles. The molecule has 14 atom stereocenters. The van der Waals surface area contributed by atoms with E-state index < -0.39 is 23.5 Å². The van der Waals surface area contributed by atoms with Crippen molar-refractivity contribution in [1.82, 2.24) is 19.9 Å². The van der Waals surface area contributed by atoms with Gasteiger partial charge in [-0.3, -0.25) is 9.59 Å². The Hall–Kier alpha value is -5.08. The van der Waals surface area contributed by atoms with Crippen LogP contribution < -0.4 is 20.8 Å². The van der Waals surface area contributed by atoms with Gasteiger partial charge >= 0.3 is 37.7 Å². The number of hydrogen-bond acceptors (Lipinski definition) is 16. The van der Waals surface area contributed by atoms with E-state index in [4.69, 9.17) is 27.8 Å². The summed E-state index contributed by atoms with van der Waals surface area (Å²) in [6.07, 6.45) is 8.30. The van der Waals surface area contributed by atoms with Crippen LogP contribution in [0, 0.1) is 47.3 Å². The van der Waals surface area contributed by atoms with Gasteiger partial charge in [-0.25, -0.2) is 9.97 Å². The maximum Gasteiger partial charge on any atom is 2.00 e. The third kappa shape index (κ3) is 11.5. The number of carbonyl (C=O) groups excluding carboxylic acids is 4. The number of carboxylic acid groups (broad SMARTS) is 2. The normalized spacial score (nSPS) is 30.0. The number of benzene rings is 2. The summed E-state index contributed by atoms with van der Waals surface area (Å²) in [5.41, 5.74) is 3.30. The fourth-order valence-electron chi connectivity index (χ4n) is 12.5. The largest absolute Gasteiger partial charge is 2.00 e. The summed E-state index contributed by atoms with van der Waals surface area (Å²) in [6.45, 7) is 16.7. The summed E-state index contributed by atoms with van der Waals surface area (Å²) in [5, 5.41) is 29.4. The third-order valence-electron chi connectivity index (χ3n) is 17.1. The van der Waals surface area contributed by atoms with Gasteiger partial charge in [0.05, 0.1) is 71.7 Å². The number of rotatable bonds is 14. The first-order valence-corrected chi connectivity index (χ1v) is 27.0. The Kier molecular flexibility index (Phi) is 17.9. The number of hydrogen-bond donors (Lipinski definition) is 4. The number of aromatic amines is 2. The fourth-order valence-corrected chi connectivity index (χ4v) is 12.5. The minimum atomic E-state index is -1.31. The van der Waals surface area contributed by atoms with Gasteiger partial charge in [-0.1, -0.05) is 55.4 Å². The monoisotopic (exact) mass is 1080 g/mol. The number of anilines is 2. The number of fused-ring (bicyclic) bond motifs is 2. The molecular weight excluding hydrogens is 1010 g/mol. The average Bonchev–Trinajstić information content (AvgIpc) is 4.33. The molecule has 4 saturated heterocycles. The van der Waals surface area contributed by atoms with Crippen LogP contribution >= 0.6 is 0 Å². The van der Waals surface area contributed by atoms with Crippen LogP contribution in [0.4, 0.5) is 11.4 Å². The first-order valence-electron chi connectivity index (χ1n) is 27.0. The number of ketones is 2. The Morgan fingerprint density at radius 3 is 1.34 bits per heavy atom. The molecule has 408 valence electrons. The standard InChI is InChI=1S/2C29H37N3O6.Ca/c2*1-15-10-11-29(17(3)13-16(2)27(38-29)18(4)26(33)20-7-6-12-31-20)37-22(15)14-23-32-25-21(36-23)9-8-19(30-5)24(25)28(34)35;/h2*6-9,12,15-18,22,27,30-31H,10-11,13-14H2,1-5H3,(H,34,35);/q;;+2/p-2/t2*15-,16-,17-,18-,22-,27+,29+;/m11./s1. The fraction of sp³-hybridized carbons (Fsp3) is 0.552. The van der Waals surface area contributed by atoms with Crippen LogP contribution in [0.2, 0.25) is 0 Å². The molecule has 4 fully saturated rings. The second kappa shape index (κ2) is 23.7. The van der Waals surface area contributed by atoms with Crippen LogP contribution in [0.25, 0.3) is 22.2 Å². The molecule has 0 unspecified atom stereocenters. The van der Waals surface area contributed by atoms with Crippen LogP contribution in [0.3, 0.4) is 0 Å². The summed E-state index contributed by atoms with van der Waals surface area (Å²) in [5.74, 6) is -2.87. The smallest absolute Gasteiger partial charge is 0.545 e. The van der Waals surface area contributed by atoms with E-state index in [0.717, 1.165) is 38.5 Å². The van der Waals surface area contributed by atoms with E-state index in [0.29, 0.717) is 58.6 Å². The van der Waals surface area contributed by atoms with Crippen LogP contribution in [0.5, 0.6) is 0 Å². The Balaban J connectivity index is 0.000000201. The summed E-state index contributed by atoms with van der Waals surface area (Å²) < 4.78 is 39.0. The molecular formula is C58H72CaN6O12. The molecule has 4 aliphatic rings. The number of oxazole rings is 2. The summed E-state index contributed by atoms with van der Waals surface area (Å²) in [7, 11) is 3.30. The number of Topliss-reactive ketones (excluding diaryl/α,β-unsaturated/α-hetero) is 2. The van der Waals surface area contributed by atoms with E-state index in [1.807, 2.05) is 26.0 Å². The van der Waals surface area contributed by atoms with Gasteiger partial charge in [0.25, 0.3) is 0 Å². The molecule has 10 rings (SSSR count). The van der Waals surface area contributed by atoms with Crippen molar-refractivity contribution in [2.45, 2.75) is 143 Å². The predicted octanol–water partition coefficient (Wildman–Crippen LogP) is 8.01. The van der Waals surface area contributed by atoms with Gasteiger partial charge in [0.1, 0.15) is 11.0 Å². The van der Waals surface area contributed by atoms with Crippen molar-refractivity contribution in [3.05, 3.63) is 95.2 Å². The Morgan fingerprint density at radius 2 is 1.00 bits per heavy atom.